The van der Waals surface area contributed by atoms with E-state index in [9.17, 15) is 4.79 Å². The molecule has 2 rings (SSSR count). The van der Waals surface area contributed by atoms with Crippen molar-refractivity contribution in [3.05, 3.63) is 52.5 Å². The zero-order valence-electron chi connectivity index (χ0n) is 13.9. The summed E-state index contributed by atoms with van der Waals surface area (Å²) < 4.78 is 15.9. The van der Waals surface area contributed by atoms with Crippen LogP contribution in [0, 0.1) is 6.92 Å². The number of methoxy groups -OCH3 is 2. The Bertz CT molecular complexity index is 701. The molecule has 5 nitrogen and oxygen atoms in total. The molecule has 0 aromatic heterocycles. The Balaban J connectivity index is 1.88. The lowest BCUT2D eigenvalue weighted by molar-refractivity contribution is 0.0944. The third-order valence-electron chi connectivity index (χ3n) is 3.44. The molecule has 24 heavy (non-hydrogen) atoms. The summed E-state index contributed by atoms with van der Waals surface area (Å²) in [5.74, 6) is 1.71. The van der Waals surface area contributed by atoms with Crippen LogP contribution in [0.4, 0.5) is 0 Å². The van der Waals surface area contributed by atoms with Crippen LogP contribution in [0.3, 0.4) is 0 Å². The van der Waals surface area contributed by atoms with Crippen molar-refractivity contribution in [1.82, 2.24) is 5.32 Å². The number of nitrogens with one attached hydrogen (secondary N) is 1. The molecule has 0 saturated carbocycles. The third-order valence-corrected chi connectivity index (χ3v) is 3.85. The Morgan fingerprint density at radius 2 is 1.75 bits per heavy atom. The van der Waals surface area contributed by atoms with Crippen LogP contribution in [0.5, 0.6) is 17.2 Å². The number of halogens is 1. The fourth-order valence-corrected chi connectivity index (χ4v) is 2.27. The Labute approximate surface area is 146 Å². The van der Waals surface area contributed by atoms with E-state index in [0.717, 1.165) is 11.3 Å². The minimum Gasteiger partial charge on any atom is -0.497 e. The van der Waals surface area contributed by atoms with Crippen molar-refractivity contribution in [2.75, 3.05) is 27.4 Å². The molecule has 2 aromatic rings. The Kier molecular flexibility index (Phi) is 6.32. The first-order chi connectivity index (χ1) is 11.5. The molecule has 1 N–H and O–H groups in total. The summed E-state index contributed by atoms with van der Waals surface area (Å²) >= 11 is 6.08. The highest BCUT2D eigenvalue weighted by atomic mass is 35.5. The summed E-state index contributed by atoms with van der Waals surface area (Å²) in [6, 6.07) is 10.6. The molecule has 0 spiro atoms. The average Bonchev–Trinajstić information content (AvgIpc) is 2.61. The van der Waals surface area contributed by atoms with Crippen LogP contribution in [0.15, 0.2) is 36.4 Å². The highest BCUT2D eigenvalue weighted by Crippen LogP contribution is 2.26. The summed E-state index contributed by atoms with van der Waals surface area (Å²) in [6.07, 6.45) is 0. The smallest absolute Gasteiger partial charge is 0.255 e. The molecule has 0 aliphatic carbocycles. The number of rotatable bonds is 7. The molecule has 1 amide bonds. The van der Waals surface area contributed by atoms with Gasteiger partial charge in [0.1, 0.15) is 23.9 Å². The third kappa shape index (κ3) is 4.55. The van der Waals surface area contributed by atoms with Gasteiger partial charge in [-0.3, -0.25) is 4.79 Å². The number of amides is 1. The monoisotopic (exact) mass is 349 g/mol. The molecule has 0 heterocycles. The molecule has 0 unspecified atom stereocenters. The maximum Gasteiger partial charge on any atom is 0.255 e. The van der Waals surface area contributed by atoms with Gasteiger partial charge in [0.25, 0.3) is 5.91 Å². The van der Waals surface area contributed by atoms with Gasteiger partial charge in [-0.2, -0.15) is 0 Å². The largest absolute Gasteiger partial charge is 0.497 e. The van der Waals surface area contributed by atoms with Crippen molar-refractivity contribution < 1.29 is 19.0 Å². The van der Waals surface area contributed by atoms with Crippen LogP contribution < -0.4 is 19.5 Å². The lowest BCUT2D eigenvalue weighted by atomic mass is 10.1. The molecular formula is C18H20ClNO4. The molecule has 0 radical (unpaired) electrons. The van der Waals surface area contributed by atoms with E-state index in [0.29, 0.717) is 35.2 Å². The van der Waals surface area contributed by atoms with Gasteiger partial charge in [-0.1, -0.05) is 11.6 Å². The normalized spacial score (nSPS) is 10.2. The lowest BCUT2D eigenvalue weighted by Gasteiger charge is -2.12. The van der Waals surface area contributed by atoms with E-state index in [1.165, 1.54) is 7.11 Å². The summed E-state index contributed by atoms with van der Waals surface area (Å²) in [6.45, 7) is 2.56. The highest BCUT2D eigenvalue weighted by Gasteiger charge is 2.14. The van der Waals surface area contributed by atoms with Crippen molar-refractivity contribution >= 4 is 17.5 Å². The van der Waals surface area contributed by atoms with E-state index >= 15 is 0 Å². The van der Waals surface area contributed by atoms with Crippen LogP contribution in [0.25, 0.3) is 0 Å². The lowest BCUT2D eigenvalue weighted by Crippen LogP contribution is -2.28. The number of carbonyl (C=O) groups is 1. The van der Waals surface area contributed by atoms with E-state index in [1.807, 2.05) is 31.2 Å². The van der Waals surface area contributed by atoms with Gasteiger partial charge in [-0.05, 0) is 48.9 Å². The number of benzene rings is 2. The van der Waals surface area contributed by atoms with Gasteiger partial charge in [0.15, 0.2) is 0 Å². The SMILES string of the molecule is COc1ccc(OCCNC(=O)c2cc(Cl)c(C)cc2OC)cc1. The molecule has 0 bridgehead atoms. The molecule has 0 atom stereocenters. The van der Waals surface area contributed by atoms with Crippen LogP contribution in [-0.4, -0.2) is 33.3 Å². The van der Waals surface area contributed by atoms with Gasteiger partial charge in [0, 0.05) is 5.02 Å². The van der Waals surface area contributed by atoms with E-state index in [4.69, 9.17) is 25.8 Å². The van der Waals surface area contributed by atoms with Crippen LogP contribution in [0.1, 0.15) is 15.9 Å². The minimum atomic E-state index is -0.257. The van der Waals surface area contributed by atoms with E-state index in [2.05, 4.69) is 5.32 Å². The van der Waals surface area contributed by atoms with Crippen molar-refractivity contribution in [2.45, 2.75) is 6.92 Å². The van der Waals surface area contributed by atoms with Gasteiger partial charge in [0.2, 0.25) is 0 Å². The molecule has 2 aromatic carbocycles. The Hall–Kier alpha value is -2.40. The predicted octanol–water partition coefficient (Wildman–Crippen LogP) is 3.47. The van der Waals surface area contributed by atoms with Gasteiger partial charge in [0.05, 0.1) is 26.3 Å². The second-order valence-electron chi connectivity index (χ2n) is 5.08. The maximum absolute atomic E-state index is 12.3. The summed E-state index contributed by atoms with van der Waals surface area (Å²) in [5.41, 5.74) is 1.26. The molecular weight excluding hydrogens is 330 g/mol. The zero-order valence-corrected chi connectivity index (χ0v) is 14.6. The molecule has 6 heteroatoms. The second kappa shape index (κ2) is 8.45. The fraction of sp³-hybridized carbons (Fsp3) is 0.278. The number of hydrogen-bond donors (Lipinski definition) is 1. The van der Waals surface area contributed by atoms with Gasteiger partial charge >= 0.3 is 0 Å². The van der Waals surface area contributed by atoms with Crippen molar-refractivity contribution in [2.24, 2.45) is 0 Å². The number of aryl methyl sites for hydroxylation is 1. The van der Waals surface area contributed by atoms with Gasteiger partial charge in [-0.15, -0.1) is 0 Å². The van der Waals surface area contributed by atoms with E-state index in [1.54, 1.807) is 19.2 Å². The number of hydrogen-bond acceptors (Lipinski definition) is 4. The van der Waals surface area contributed by atoms with E-state index < -0.39 is 0 Å². The maximum atomic E-state index is 12.3. The minimum absolute atomic E-state index is 0.257. The summed E-state index contributed by atoms with van der Waals surface area (Å²) in [7, 11) is 3.13. The molecule has 0 saturated heterocycles. The first-order valence-corrected chi connectivity index (χ1v) is 7.82. The molecule has 128 valence electrons. The molecule has 0 fully saturated rings. The molecule has 0 aliphatic rings. The van der Waals surface area contributed by atoms with Crippen molar-refractivity contribution in [1.29, 1.82) is 0 Å². The van der Waals surface area contributed by atoms with E-state index in [-0.39, 0.29) is 5.91 Å². The summed E-state index contributed by atoms with van der Waals surface area (Å²) in [5, 5.41) is 3.31. The van der Waals surface area contributed by atoms with Crippen LogP contribution in [-0.2, 0) is 0 Å². The first kappa shape index (κ1) is 17.9. The summed E-state index contributed by atoms with van der Waals surface area (Å²) in [4.78, 5) is 12.3. The quantitative estimate of drug-likeness (QED) is 0.777. The highest BCUT2D eigenvalue weighted by molar-refractivity contribution is 6.31. The van der Waals surface area contributed by atoms with Crippen molar-refractivity contribution in [3.8, 4) is 17.2 Å². The first-order valence-electron chi connectivity index (χ1n) is 7.44. The standard InChI is InChI=1S/C18H20ClNO4/c1-12-10-17(23-3)15(11-16(12)19)18(21)20-8-9-24-14-6-4-13(22-2)5-7-14/h4-7,10-11H,8-9H2,1-3H3,(H,20,21). The Morgan fingerprint density at radius 3 is 2.38 bits per heavy atom. The van der Waals surface area contributed by atoms with Crippen LogP contribution >= 0.6 is 11.6 Å². The zero-order chi connectivity index (χ0) is 17.5. The van der Waals surface area contributed by atoms with Crippen LogP contribution in [0.2, 0.25) is 5.02 Å². The van der Waals surface area contributed by atoms with Gasteiger partial charge < -0.3 is 19.5 Å². The topological polar surface area (TPSA) is 56.8 Å². The Morgan fingerprint density at radius 1 is 1.08 bits per heavy atom. The van der Waals surface area contributed by atoms with Gasteiger partial charge in [-0.25, -0.2) is 0 Å². The molecule has 0 aliphatic heterocycles. The fourth-order valence-electron chi connectivity index (χ4n) is 2.10. The number of ether oxygens (including phenoxy) is 3. The number of carbonyl (C=O) groups excluding carboxylic acids is 1. The average molecular weight is 350 g/mol. The van der Waals surface area contributed by atoms with Crippen molar-refractivity contribution in [3.63, 3.8) is 0 Å². The predicted molar refractivity (Wildman–Crippen MR) is 93.6 cm³/mol. The second-order valence-corrected chi connectivity index (χ2v) is 5.49.